The number of thioether (sulfide) groups is 1. The van der Waals surface area contributed by atoms with Gasteiger partial charge in [-0.1, -0.05) is 30.0 Å². The number of phenolic OH excluding ortho intramolecular Hbond substituents is 2. The van der Waals surface area contributed by atoms with Crippen molar-refractivity contribution in [2.75, 3.05) is 7.05 Å². The van der Waals surface area contributed by atoms with Gasteiger partial charge in [-0.15, -0.1) is 0 Å². The molecular weight excluding hydrogens is 258 g/mol. The van der Waals surface area contributed by atoms with E-state index in [4.69, 9.17) is 12.2 Å². The number of hydrogen-bond donors (Lipinski definition) is 2. The molecule has 2 rings (SSSR count). The maximum atomic E-state index is 11.8. The molecule has 0 radical (unpaired) electrons. The molecular formula is C11H11NO3S2. The Bertz CT molecular complexity index is 490. The lowest BCUT2D eigenvalue weighted by Gasteiger charge is -2.08. The molecule has 90 valence electrons. The average Bonchev–Trinajstić information content (AvgIpc) is 2.52. The predicted octanol–water partition coefficient (Wildman–Crippen LogP) is 1.50. The van der Waals surface area contributed by atoms with Gasteiger partial charge in [0.2, 0.25) is 5.91 Å². The van der Waals surface area contributed by atoms with Crippen molar-refractivity contribution in [2.45, 2.75) is 11.7 Å². The Morgan fingerprint density at radius 1 is 1.41 bits per heavy atom. The van der Waals surface area contributed by atoms with Crippen LogP contribution in [-0.4, -0.2) is 37.6 Å². The molecule has 1 aliphatic heterocycles. The Balaban J connectivity index is 2.14. The molecule has 1 saturated heterocycles. The average molecular weight is 269 g/mol. The zero-order valence-electron chi connectivity index (χ0n) is 9.08. The van der Waals surface area contributed by atoms with Crippen molar-refractivity contribution in [3.05, 3.63) is 23.8 Å². The molecule has 1 fully saturated rings. The number of nitrogens with zero attached hydrogens (tertiary/aromatic N) is 1. The molecule has 1 heterocycles. The van der Waals surface area contributed by atoms with Crippen molar-refractivity contribution < 1.29 is 15.0 Å². The van der Waals surface area contributed by atoms with E-state index in [-0.39, 0.29) is 22.7 Å². The minimum absolute atomic E-state index is 0.0208. The first kappa shape index (κ1) is 12.2. The lowest BCUT2D eigenvalue weighted by Crippen LogP contribution is -2.28. The summed E-state index contributed by atoms with van der Waals surface area (Å²) in [7, 11) is 1.66. The molecule has 1 atom stereocenters. The van der Waals surface area contributed by atoms with Crippen molar-refractivity contribution in [3.8, 4) is 11.5 Å². The van der Waals surface area contributed by atoms with E-state index in [2.05, 4.69) is 0 Å². The number of carbonyl (C=O) groups is 1. The van der Waals surface area contributed by atoms with Crippen LogP contribution in [0.15, 0.2) is 18.2 Å². The monoisotopic (exact) mass is 269 g/mol. The van der Waals surface area contributed by atoms with Gasteiger partial charge in [0, 0.05) is 7.05 Å². The third kappa shape index (κ3) is 2.37. The minimum Gasteiger partial charge on any atom is -0.504 e. The Kier molecular flexibility index (Phi) is 3.26. The van der Waals surface area contributed by atoms with E-state index < -0.39 is 0 Å². The van der Waals surface area contributed by atoms with Crippen molar-refractivity contribution >= 4 is 34.2 Å². The lowest BCUT2D eigenvalue weighted by atomic mass is 10.1. The van der Waals surface area contributed by atoms with Gasteiger partial charge in [0.1, 0.15) is 4.32 Å². The molecule has 2 N–H and O–H groups in total. The van der Waals surface area contributed by atoms with Crippen LogP contribution in [0.3, 0.4) is 0 Å². The van der Waals surface area contributed by atoms with Crippen LogP contribution in [0.2, 0.25) is 0 Å². The fraction of sp³-hybridized carbons (Fsp3) is 0.273. The van der Waals surface area contributed by atoms with Crippen molar-refractivity contribution in [1.82, 2.24) is 4.90 Å². The molecule has 0 spiro atoms. The van der Waals surface area contributed by atoms with Gasteiger partial charge in [-0.3, -0.25) is 9.69 Å². The highest BCUT2D eigenvalue weighted by Crippen LogP contribution is 2.31. The summed E-state index contributed by atoms with van der Waals surface area (Å²) in [5, 5.41) is 18.3. The molecule has 4 nitrogen and oxygen atoms in total. The highest BCUT2D eigenvalue weighted by molar-refractivity contribution is 8.24. The van der Waals surface area contributed by atoms with Gasteiger partial charge < -0.3 is 10.2 Å². The van der Waals surface area contributed by atoms with Gasteiger partial charge in [0.05, 0.1) is 5.25 Å². The van der Waals surface area contributed by atoms with Crippen molar-refractivity contribution in [3.63, 3.8) is 0 Å². The summed E-state index contributed by atoms with van der Waals surface area (Å²) < 4.78 is 0.572. The number of phenols is 2. The van der Waals surface area contributed by atoms with Gasteiger partial charge in [0.25, 0.3) is 0 Å². The maximum absolute atomic E-state index is 11.8. The second-order valence-electron chi connectivity index (χ2n) is 3.80. The molecule has 1 aromatic rings. The van der Waals surface area contributed by atoms with Gasteiger partial charge >= 0.3 is 0 Å². The summed E-state index contributed by atoms with van der Waals surface area (Å²) in [6.45, 7) is 0. The summed E-state index contributed by atoms with van der Waals surface area (Å²) in [6, 6.07) is 4.56. The van der Waals surface area contributed by atoms with Gasteiger partial charge in [0.15, 0.2) is 11.5 Å². The number of carbonyl (C=O) groups excluding carboxylic acids is 1. The largest absolute Gasteiger partial charge is 0.504 e. The second kappa shape index (κ2) is 4.54. The van der Waals surface area contributed by atoms with Crippen LogP contribution < -0.4 is 0 Å². The zero-order valence-corrected chi connectivity index (χ0v) is 10.7. The number of thiocarbonyl (C=S) groups is 1. The number of amides is 1. The topological polar surface area (TPSA) is 60.8 Å². The van der Waals surface area contributed by atoms with Crippen molar-refractivity contribution in [2.24, 2.45) is 0 Å². The second-order valence-corrected chi connectivity index (χ2v) is 5.63. The Labute approximate surface area is 108 Å². The molecule has 6 heteroatoms. The number of rotatable bonds is 2. The van der Waals surface area contributed by atoms with Crippen LogP contribution in [0.1, 0.15) is 5.56 Å². The summed E-state index contributed by atoms with van der Waals surface area (Å²) in [4.78, 5) is 13.2. The number of benzene rings is 1. The van der Waals surface area contributed by atoms with Gasteiger partial charge in [-0.25, -0.2) is 0 Å². The van der Waals surface area contributed by atoms with Crippen LogP contribution in [0.4, 0.5) is 0 Å². The summed E-state index contributed by atoms with van der Waals surface area (Å²) >= 11 is 6.39. The van der Waals surface area contributed by atoms with Crippen LogP contribution >= 0.6 is 24.0 Å². The fourth-order valence-electron chi connectivity index (χ4n) is 1.60. The molecule has 1 unspecified atom stereocenters. The zero-order chi connectivity index (χ0) is 12.6. The van der Waals surface area contributed by atoms with E-state index in [1.807, 2.05) is 0 Å². The Hall–Kier alpha value is -1.27. The molecule has 1 aromatic carbocycles. The van der Waals surface area contributed by atoms with E-state index in [0.29, 0.717) is 10.7 Å². The van der Waals surface area contributed by atoms with E-state index in [1.165, 1.54) is 28.8 Å². The maximum Gasteiger partial charge on any atom is 0.241 e. The van der Waals surface area contributed by atoms with Gasteiger partial charge in [-0.05, 0) is 24.1 Å². The summed E-state index contributed by atoms with van der Waals surface area (Å²) in [6.07, 6.45) is 0.488. The summed E-state index contributed by atoms with van der Waals surface area (Å²) in [5.41, 5.74) is 0.796. The Morgan fingerprint density at radius 3 is 2.65 bits per heavy atom. The molecule has 1 aliphatic rings. The molecule has 0 aliphatic carbocycles. The van der Waals surface area contributed by atoms with Crippen molar-refractivity contribution in [1.29, 1.82) is 0 Å². The SMILES string of the molecule is CN1C(=O)C(Cc2ccc(O)c(O)c2)SC1=S. The summed E-state index contributed by atoms with van der Waals surface area (Å²) in [5.74, 6) is -0.353. The highest BCUT2D eigenvalue weighted by Gasteiger charge is 2.34. The van der Waals surface area contributed by atoms with Crippen LogP contribution in [-0.2, 0) is 11.2 Å². The van der Waals surface area contributed by atoms with E-state index in [9.17, 15) is 15.0 Å². The first-order chi connectivity index (χ1) is 7.99. The predicted molar refractivity (Wildman–Crippen MR) is 70.2 cm³/mol. The van der Waals surface area contributed by atoms with Gasteiger partial charge in [-0.2, -0.15) is 0 Å². The third-order valence-corrected chi connectivity index (χ3v) is 4.27. The lowest BCUT2D eigenvalue weighted by molar-refractivity contribution is -0.125. The van der Waals surface area contributed by atoms with Crippen LogP contribution in [0, 0.1) is 0 Å². The van der Waals surface area contributed by atoms with E-state index in [0.717, 1.165) is 5.56 Å². The van der Waals surface area contributed by atoms with Crippen LogP contribution in [0.25, 0.3) is 0 Å². The fourth-order valence-corrected chi connectivity index (χ4v) is 3.06. The molecule has 1 amide bonds. The highest BCUT2D eigenvalue weighted by atomic mass is 32.2. The smallest absolute Gasteiger partial charge is 0.241 e. The number of aromatic hydroxyl groups is 2. The first-order valence-corrected chi connectivity index (χ1v) is 6.27. The molecule has 17 heavy (non-hydrogen) atoms. The van der Waals surface area contributed by atoms with E-state index in [1.54, 1.807) is 13.1 Å². The molecule has 0 aromatic heterocycles. The molecule has 0 bridgehead atoms. The first-order valence-electron chi connectivity index (χ1n) is 4.98. The normalized spacial score (nSPS) is 20.1. The third-order valence-electron chi connectivity index (χ3n) is 2.58. The standard InChI is InChI=1S/C11H11NO3S2/c1-12-10(15)9(17-11(12)16)5-6-2-3-7(13)8(14)4-6/h2-4,9,13-14H,5H2,1H3. The molecule has 0 saturated carbocycles. The number of hydrogen-bond acceptors (Lipinski definition) is 5. The Morgan fingerprint density at radius 2 is 2.12 bits per heavy atom. The van der Waals surface area contributed by atoms with Crippen LogP contribution in [0.5, 0.6) is 11.5 Å². The quantitative estimate of drug-likeness (QED) is 0.629. The van der Waals surface area contributed by atoms with E-state index >= 15 is 0 Å². The minimum atomic E-state index is -0.239.